The van der Waals surface area contributed by atoms with Gasteiger partial charge in [-0.3, -0.25) is 0 Å². The minimum atomic E-state index is -4.83. The average Bonchev–Trinajstić information content (AvgIpc) is 2.80. The summed E-state index contributed by atoms with van der Waals surface area (Å²) in [7, 11) is 0. The van der Waals surface area contributed by atoms with Crippen LogP contribution in [0.3, 0.4) is 0 Å². The number of halogens is 3. The van der Waals surface area contributed by atoms with Crippen molar-refractivity contribution in [2.75, 3.05) is 0 Å². The molecule has 0 amide bonds. The summed E-state index contributed by atoms with van der Waals surface area (Å²) in [6.45, 7) is 1.96. The molecule has 0 aromatic heterocycles. The van der Waals surface area contributed by atoms with Crippen molar-refractivity contribution in [1.82, 2.24) is 0 Å². The Bertz CT molecular complexity index is 553. The molecule has 1 aliphatic carbocycles. The van der Waals surface area contributed by atoms with Crippen LogP contribution < -0.4 is 4.74 Å². The molecule has 1 aromatic rings. The zero-order valence-corrected chi connectivity index (χ0v) is 11.5. The van der Waals surface area contributed by atoms with Crippen molar-refractivity contribution >= 4 is 0 Å². The van der Waals surface area contributed by atoms with Crippen LogP contribution >= 0.6 is 0 Å². The lowest BCUT2D eigenvalue weighted by atomic mass is 9.78. The van der Waals surface area contributed by atoms with Crippen LogP contribution in [0, 0.1) is 22.7 Å². The molecule has 3 atom stereocenters. The molecule has 0 heterocycles. The van der Waals surface area contributed by atoms with Gasteiger partial charge in [0.2, 0.25) is 0 Å². The molecule has 0 saturated heterocycles. The first-order valence-electron chi connectivity index (χ1n) is 6.71. The lowest BCUT2D eigenvalue weighted by Crippen LogP contribution is -2.26. The number of nitrogens with zero attached hydrogens (tertiary/aromatic N) is 1. The summed E-state index contributed by atoms with van der Waals surface area (Å²) in [6.07, 6.45) is -4.44. The van der Waals surface area contributed by atoms with E-state index >= 15 is 0 Å². The first kappa shape index (κ1) is 15.6. The zero-order chi connectivity index (χ0) is 15.7. The third kappa shape index (κ3) is 3.30. The van der Waals surface area contributed by atoms with Crippen molar-refractivity contribution in [3.8, 4) is 11.8 Å². The molecule has 114 valence electrons. The van der Waals surface area contributed by atoms with E-state index in [0.29, 0.717) is 12.8 Å². The molecule has 0 radical (unpaired) electrons. The van der Waals surface area contributed by atoms with E-state index in [1.54, 1.807) is 0 Å². The Balaban J connectivity index is 2.35. The summed E-state index contributed by atoms with van der Waals surface area (Å²) < 4.78 is 41.3. The standard InChI is InChI=1S/C15H16F3NO2/c1-10-6-7-14(8-10,9-19)13(20)11-4-2-3-5-12(11)21-15(16,17)18/h2-5,10,13,20H,6-8H2,1H3. The van der Waals surface area contributed by atoms with Crippen molar-refractivity contribution in [3.05, 3.63) is 29.8 Å². The van der Waals surface area contributed by atoms with Gasteiger partial charge in [0.25, 0.3) is 0 Å². The zero-order valence-electron chi connectivity index (χ0n) is 11.5. The van der Waals surface area contributed by atoms with Gasteiger partial charge in [0.1, 0.15) is 11.9 Å². The number of aliphatic hydroxyl groups excluding tert-OH is 1. The molecule has 0 spiro atoms. The largest absolute Gasteiger partial charge is 0.573 e. The van der Waals surface area contributed by atoms with Crippen LogP contribution in [-0.2, 0) is 0 Å². The normalized spacial score (nSPS) is 27.1. The highest BCUT2D eigenvalue weighted by Crippen LogP contribution is 2.51. The molecular weight excluding hydrogens is 283 g/mol. The summed E-state index contributed by atoms with van der Waals surface area (Å²) in [6, 6.07) is 7.54. The van der Waals surface area contributed by atoms with Gasteiger partial charge < -0.3 is 9.84 Å². The predicted molar refractivity (Wildman–Crippen MR) is 69.1 cm³/mol. The van der Waals surface area contributed by atoms with E-state index in [2.05, 4.69) is 10.8 Å². The Kier molecular flexibility index (Phi) is 4.15. The van der Waals surface area contributed by atoms with Gasteiger partial charge in [0, 0.05) is 5.56 Å². The van der Waals surface area contributed by atoms with E-state index in [0.717, 1.165) is 12.5 Å². The molecule has 1 fully saturated rings. The molecule has 1 saturated carbocycles. The lowest BCUT2D eigenvalue weighted by molar-refractivity contribution is -0.275. The molecule has 0 bridgehead atoms. The van der Waals surface area contributed by atoms with E-state index < -0.39 is 23.6 Å². The molecule has 0 aliphatic heterocycles. The smallest absolute Gasteiger partial charge is 0.405 e. The highest BCUT2D eigenvalue weighted by molar-refractivity contribution is 5.37. The van der Waals surface area contributed by atoms with Crippen molar-refractivity contribution in [1.29, 1.82) is 5.26 Å². The first-order valence-corrected chi connectivity index (χ1v) is 6.71. The molecule has 21 heavy (non-hydrogen) atoms. The topological polar surface area (TPSA) is 53.2 Å². The fraction of sp³-hybridized carbons (Fsp3) is 0.533. The fourth-order valence-corrected chi connectivity index (χ4v) is 2.96. The highest BCUT2D eigenvalue weighted by atomic mass is 19.4. The minimum absolute atomic E-state index is 0.00507. The SMILES string of the molecule is CC1CCC(C#N)(C(O)c2ccccc2OC(F)(F)F)C1. The van der Waals surface area contributed by atoms with E-state index in [1.165, 1.54) is 18.2 Å². The minimum Gasteiger partial charge on any atom is -0.405 e. The second-order valence-corrected chi connectivity index (χ2v) is 5.60. The monoisotopic (exact) mass is 299 g/mol. The second-order valence-electron chi connectivity index (χ2n) is 5.60. The van der Waals surface area contributed by atoms with Crippen LogP contribution in [0.2, 0.25) is 0 Å². The number of alkyl halides is 3. The summed E-state index contributed by atoms with van der Waals surface area (Å²) in [5.41, 5.74) is -1.05. The second kappa shape index (κ2) is 5.57. The number of benzene rings is 1. The molecule has 1 N–H and O–H groups in total. The lowest BCUT2D eigenvalue weighted by Gasteiger charge is -2.29. The van der Waals surface area contributed by atoms with Crippen LogP contribution in [0.4, 0.5) is 13.2 Å². The number of aliphatic hydroxyl groups is 1. The predicted octanol–water partition coefficient (Wildman–Crippen LogP) is 3.95. The van der Waals surface area contributed by atoms with Gasteiger partial charge in [0.05, 0.1) is 11.5 Å². The third-order valence-corrected chi connectivity index (χ3v) is 3.98. The van der Waals surface area contributed by atoms with Crippen molar-refractivity contribution in [2.45, 2.75) is 38.7 Å². The van der Waals surface area contributed by atoms with Crippen LogP contribution in [-0.4, -0.2) is 11.5 Å². The Morgan fingerprint density at radius 2 is 2.10 bits per heavy atom. The third-order valence-electron chi connectivity index (χ3n) is 3.98. The Morgan fingerprint density at radius 3 is 2.62 bits per heavy atom. The Morgan fingerprint density at radius 1 is 1.43 bits per heavy atom. The highest BCUT2D eigenvalue weighted by Gasteiger charge is 2.46. The Hall–Kier alpha value is -1.74. The number of hydrogen-bond acceptors (Lipinski definition) is 3. The van der Waals surface area contributed by atoms with Gasteiger partial charge in [-0.05, 0) is 31.2 Å². The maximum atomic E-state index is 12.4. The van der Waals surface area contributed by atoms with Gasteiger partial charge >= 0.3 is 6.36 Å². The summed E-state index contributed by atoms with van der Waals surface area (Å²) in [5.74, 6) is -0.193. The van der Waals surface area contributed by atoms with E-state index in [4.69, 9.17) is 0 Å². The summed E-state index contributed by atoms with van der Waals surface area (Å²) in [5, 5.41) is 19.9. The van der Waals surface area contributed by atoms with Gasteiger partial charge in [-0.2, -0.15) is 5.26 Å². The summed E-state index contributed by atoms with van der Waals surface area (Å²) >= 11 is 0. The number of para-hydroxylation sites is 1. The van der Waals surface area contributed by atoms with Crippen LogP contribution in [0.15, 0.2) is 24.3 Å². The summed E-state index contributed by atoms with van der Waals surface area (Å²) in [4.78, 5) is 0. The van der Waals surface area contributed by atoms with Crippen LogP contribution in [0.1, 0.15) is 37.9 Å². The molecule has 3 unspecified atom stereocenters. The van der Waals surface area contributed by atoms with Crippen molar-refractivity contribution in [3.63, 3.8) is 0 Å². The molecule has 6 heteroatoms. The molecular formula is C15H16F3NO2. The average molecular weight is 299 g/mol. The van der Waals surface area contributed by atoms with E-state index in [9.17, 15) is 23.5 Å². The van der Waals surface area contributed by atoms with Gasteiger partial charge in [-0.1, -0.05) is 25.1 Å². The quantitative estimate of drug-likeness (QED) is 0.919. The number of rotatable bonds is 3. The van der Waals surface area contributed by atoms with E-state index in [1.807, 2.05) is 6.92 Å². The molecule has 1 aromatic carbocycles. The first-order chi connectivity index (χ1) is 9.77. The number of ether oxygens (including phenoxy) is 1. The van der Waals surface area contributed by atoms with Crippen molar-refractivity contribution < 1.29 is 23.0 Å². The van der Waals surface area contributed by atoms with Gasteiger partial charge in [-0.15, -0.1) is 13.2 Å². The van der Waals surface area contributed by atoms with Gasteiger partial charge in [0.15, 0.2) is 0 Å². The number of hydrogen-bond donors (Lipinski definition) is 1. The fourth-order valence-electron chi connectivity index (χ4n) is 2.96. The van der Waals surface area contributed by atoms with E-state index in [-0.39, 0.29) is 11.5 Å². The van der Waals surface area contributed by atoms with Gasteiger partial charge in [-0.25, -0.2) is 0 Å². The Labute approximate surface area is 121 Å². The molecule has 2 rings (SSSR count). The van der Waals surface area contributed by atoms with Crippen molar-refractivity contribution in [2.24, 2.45) is 11.3 Å². The maximum absolute atomic E-state index is 12.4. The number of nitriles is 1. The molecule has 1 aliphatic rings. The van der Waals surface area contributed by atoms with Crippen LogP contribution in [0.5, 0.6) is 5.75 Å². The molecule has 3 nitrogen and oxygen atoms in total. The van der Waals surface area contributed by atoms with Crippen LogP contribution in [0.25, 0.3) is 0 Å². The maximum Gasteiger partial charge on any atom is 0.573 e.